The number of nitrogens with two attached hydrogens (primary N) is 2. The van der Waals surface area contributed by atoms with Crippen LogP contribution in [0.5, 0.6) is 0 Å². The Bertz CT molecular complexity index is 371. The van der Waals surface area contributed by atoms with Gasteiger partial charge in [-0.3, -0.25) is 10.4 Å². The second-order valence-electron chi connectivity index (χ2n) is 2.60. The molecule has 0 bridgehead atoms. The third kappa shape index (κ3) is 4.80. The molecule has 0 aromatic carbocycles. The molecule has 0 spiro atoms. The van der Waals surface area contributed by atoms with Gasteiger partial charge in [0.25, 0.3) is 0 Å². The average molecular weight is 288 g/mol. The zero-order valence-electron chi connectivity index (χ0n) is 7.77. The van der Waals surface area contributed by atoms with E-state index in [1.165, 1.54) is 11.8 Å². The van der Waals surface area contributed by atoms with Gasteiger partial charge in [0.15, 0.2) is 11.1 Å². The van der Waals surface area contributed by atoms with Crippen molar-refractivity contribution in [2.45, 2.75) is 5.75 Å². The number of thioether (sulfide) groups is 1. The fourth-order valence-electron chi connectivity index (χ4n) is 0.784. The Morgan fingerprint density at radius 2 is 2.27 bits per heavy atom. The highest BCUT2D eigenvalue weighted by molar-refractivity contribution is 9.10. The topological polar surface area (TPSA) is 101 Å². The standard InChI is InChI=1S/C8H10BrN5S/c9-5-1-2-6(13-3-5)4-15-8(12)14-7(10)11/h1-3H,4H2,(H5,10,11,12,14). The van der Waals surface area contributed by atoms with Crippen molar-refractivity contribution in [3.05, 3.63) is 28.5 Å². The van der Waals surface area contributed by atoms with Crippen LogP contribution in [-0.2, 0) is 5.75 Å². The summed E-state index contributed by atoms with van der Waals surface area (Å²) < 4.78 is 0.926. The first kappa shape index (κ1) is 12.0. The van der Waals surface area contributed by atoms with Gasteiger partial charge >= 0.3 is 0 Å². The minimum absolute atomic E-state index is 0.0831. The maximum atomic E-state index is 7.39. The van der Waals surface area contributed by atoms with Crippen LogP contribution in [-0.4, -0.2) is 16.1 Å². The molecule has 7 heteroatoms. The molecule has 0 atom stereocenters. The van der Waals surface area contributed by atoms with Gasteiger partial charge in [-0.15, -0.1) is 0 Å². The molecule has 1 heterocycles. The molecule has 5 nitrogen and oxygen atoms in total. The zero-order valence-corrected chi connectivity index (χ0v) is 10.2. The predicted molar refractivity (Wildman–Crippen MR) is 66.8 cm³/mol. The molecule has 80 valence electrons. The van der Waals surface area contributed by atoms with Gasteiger partial charge in [0.1, 0.15) is 0 Å². The van der Waals surface area contributed by atoms with Gasteiger partial charge in [0.05, 0.1) is 5.69 Å². The Hall–Kier alpha value is -1.08. The van der Waals surface area contributed by atoms with Crippen molar-refractivity contribution < 1.29 is 0 Å². The summed E-state index contributed by atoms with van der Waals surface area (Å²) in [4.78, 5) is 7.75. The lowest BCUT2D eigenvalue weighted by Gasteiger charge is -1.99. The van der Waals surface area contributed by atoms with Gasteiger partial charge in [0.2, 0.25) is 0 Å². The van der Waals surface area contributed by atoms with E-state index in [9.17, 15) is 0 Å². The molecule has 1 aromatic rings. The van der Waals surface area contributed by atoms with Crippen LogP contribution in [0.3, 0.4) is 0 Å². The average Bonchev–Trinajstić information content (AvgIpc) is 2.16. The Morgan fingerprint density at radius 1 is 1.53 bits per heavy atom. The summed E-state index contributed by atoms with van der Waals surface area (Å²) in [6, 6.07) is 3.77. The number of guanidine groups is 1. The van der Waals surface area contributed by atoms with E-state index in [1.54, 1.807) is 6.20 Å². The van der Waals surface area contributed by atoms with Crippen LogP contribution >= 0.6 is 27.7 Å². The van der Waals surface area contributed by atoms with Crippen molar-refractivity contribution in [1.29, 1.82) is 5.41 Å². The van der Waals surface area contributed by atoms with E-state index in [0.29, 0.717) is 5.75 Å². The highest BCUT2D eigenvalue weighted by Gasteiger charge is 1.99. The molecule has 5 N–H and O–H groups in total. The van der Waals surface area contributed by atoms with Gasteiger partial charge in [-0.2, -0.15) is 4.99 Å². The molecule has 0 amide bonds. The summed E-state index contributed by atoms with van der Waals surface area (Å²) >= 11 is 4.51. The number of nitrogens with zero attached hydrogens (tertiary/aromatic N) is 2. The van der Waals surface area contributed by atoms with Crippen molar-refractivity contribution >= 4 is 38.8 Å². The minimum atomic E-state index is -0.101. The second-order valence-corrected chi connectivity index (χ2v) is 4.48. The number of nitrogens with one attached hydrogen (secondary N) is 1. The maximum Gasteiger partial charge on any atom is 0.193 e. The van der Waals surface area contributed by atoms with E-state index in [1.807, 2.05) is 12.1 Å². The summed E-state index contributed by atoms with van der Waals surface area (Å²) in [5, 5.41) is 7.47. The smallest absolute Gasteiger partial charge is 0.193 e. The lowest BCUT2D eigenvalue weighted by atomic mass is 10.4. The Kier molecular flexibility index (Phi) is 4.57. The first-order valence-electron chi connectivity index (χ1n) is 3.99. The quantitative estimate of drug-likeness (QED) is 0.563. The number of aromatic nitrogens is 1. The summed E-state index contributed by atoms with van der Waals surface area (Å²) in [6.45, 7) is 0. The van der Waals surface area contributed by atoms with E-state index >= 15 is 0 Å². The van der Waals surface area contributed by atoms with Crippen molar-refractivity contribution in [1.82, 2.24) is 4.98 Å². The maximum absolute atomic E-state index is 7.39. The van der Waals surface area contributed by atoms with Gasteiger partial charge in [0, 0.05) is 16.4 Å². The molecule has 0 fully saturated rings. The van der Waals surface area contributed by atoms with Crippen molar-refractivity contribution in [3.63, 3.8) is 0 Å². The van der Waals surface area contributed by atoms with Crippen LogP contribution in [0, 0.1) is 5.41 Å². The number of amidine groups is 1. The van der Waals surface area contributed by atoms with Crippen LogP contribution < -0.4 is 11.5 Å². The van der Waals surface area contributed by atoms with Crippen LogP contribution in [0.25, 0.3) is 0 Å². The fourth-order valence-corrected chi connectivity index (χ4v) is 1.64. The molecule has 0 aliphatic heterocycles. The van der Waals surface area contributed by atoms with E-state index in [2.05, 4.69) is 25.9 Å². The molecule has 0 saturated carbocycles. The molecule has 1 rings (SSSR count). The molecular formula is C8H10BrN5S. The highest BCUT2D eigenvalue weighted by Crippen LogP contribution is 2.14. The molecule has 0 aliphatic rings. The van der Waals surface area contributed by atoms with Crippen LogP contribution in [0.15, 0.2) is 27.8 Å². The van der Waals surface area contributed by atoms with Gasteiger partial charge in [-0.25, -0.2) is 0 Å². The first-order valence-corrected chi connectivity index (χ1v) is 5.77. The number of hydrogen-bond donors (Lipinski definition) is 3. The number of pyridine rings is 1. The van der Waals surface area contributed by atoms with Gasteiger partial charge in [-0.05, 0) is 28.1 Å². The predicted octanol–water partition coefficient (Wildman–Crippen LogP) is 1.29. The molecule has 0 aliphatic carbocycles. The lowest BCUT2D eigenvalue weighted by Crippen LogP contribution is -2.23. The van der Waals surface area contributed by atoms with Crippen molar-refractivity contribution in [2.24, 2.45) is 16.5 Å². The second kappa shape index (κ2) is 5.72. The minimum Gasteiger partial charge on any atom is -0.370 e. The Balaban J connectivity index is 2.47. The van der Waals surface area contributed by atoms with Gasteiger partial charge < -0.3 is 11.5 Å². The third-order valence-electron chi connectivity index (χ3n) is 1.38. The van der Waals surface area contributed by atoms with E-state index in [-0.39, 0.29) is 11.1 Å². The normalized spacial score (nSPS) is 9.67. The number of halogens is 1. The third-order valence-corrected chi connectivity index (χ3v) is 2.65. The summed E-state index contributed by atoms with van der Waals surface area (Å²) in [6.07, 6.45) is 1.71. The SMILES string of the molecule is N=C(N=C(N)N)SCc1ccc(Br)cn1. The molecule has 0 radical (unpaired) electrons. The summed E-state index contributed by atoms with van der Waals surface area (Å²) in [7, 11) is 0. The van der Waals surface area contributed by atoms with E-state index < -0.39 is 0 Å². The van der Waals surface area contributed by atoms with E-state index in [4.69, 9.17) is 16.9 Å². The van der Waals surface area contributed by atoms with Crippen LogP contribution in [0.1, 0.15) is 5.69 Å². The molecule has 0 unspecified atom stereocenters. The van der Waals surface area contributed by atoms with E-state index in [0.717, 1.165) is 10.2 Å². The van der Waals surface area contributed by atoms with Crippen molar-refractivity contribution in [3.8, 4) is 0 Å². The molecular weight excluding hydrogens is 278 g/mol. The van der Waals surface area contributed by atoms with Gasteiger partial charge in [-0.1, -0.05) is 11.8 Å². The largest absolute Gasteiger partial charge is 0.370 e. The Labute approximate surface area is 100.0 Å². The van der Waals surface area contributed by atoms with Crippen LogP contribution in [0.4, 0.5) is 0 Å². The Morgan fingerprint density at radius 3 is 2.80 bits per heavy atom. The highest BCUT2D eigenvalue weighted by atomic mass is 79.9. The number of aliphatic imine (C=N–C) groups is 1. The van der Waals surface area contributed by atoms with Crippen molar-refractivity contribution in [2.75, 3.05) is 0 Å². The zero-order chi connectivity index (χ0) is 11.3. The molecule has 1 aromatic heterocycles. The summed E-state index contributed by atoms with van der Waals surface area (Å²) in [5.74, 6) is 0.472. The number of rotatable bonds is 2. The first-order chi connectivity index (χ1) is 7.08. The summed E-state index contributed by atoms with van der Waals surface area (Å²) in [5.41, 5.74) is 11.1. The van der Waals surface area contributed by atoms with Crippen LogP contribution in [0.2, 0.25) is 0 Å². The monoisotopic (exact) mass is 287 g/mol. The molecule has 0 saturated heterocycles. The number of hydrogen-bond acceptors (Lipinski definition) is 3. The fraction of sp³-hybridized carbons (Fsp3) is 0.125. The molecule has 15 heavy (non-hydrogen) atoms. The lowest BCUT2D eigenvalue weighted by molar-refractivity contribution is 1.17.